The van der Waals surface area contributed by atoms with Crippen molar-refractivity contribution in [1.82, 2.24) is 20.1 Å². The zero-order valence-corrected chi connectivity index (χ0v) is 14.3. The number of nitrogens with zero attached hydrogens (tertiary/aromatic N) is 3. The lowest BCUT2D eigenvalue weighted by molar-refractivity contribution is -0.122. The molecule has 3 rings (SSSR count). The Balaban J connectivity index is 1.62. The van der Waals surface area contributed by atoms with Crippen molar-refractivity contribution < 1.29 is 9.18 Å². The van der Waals surface area contributed by atoms with Crippen LogP contribution >= 0.6 is 27.3 Å². The molecule has 0 bridgehead atoms. The van der Waals surface area contributed by atoms with E-state index in [9.17, 15) is 9.18 Å². The number of thiazole rings is 1. The van der Waals surface area contributed by atoms with Crippen LogP contribution in [0.15, 0.2) is 46.5 Å². The molecule has 1 aromatic carbocycles. The Labute approximate surface area is 144 Å². The second kappa shape index (κ2) is 7.01. The molecule has 0 aliphatic heterocycles. The molecule has 5 nitrogen and oxygen atoms in total. The molecule has 0 saturated heterocycles. The SMILES string of the molecule is O=C(Cn1cc(Br)c(-c2nccs2)n1)NCc1ccccc1F. The summed E-state index contributed by atoms with van der Waals surface area (Å²) in [7, 11) is 0. The van der Waals surface area contributed by atoms with Gasteiger partial charge in [0.05, 0.1) is 4.47 Å². The van der Waals surface area contributed by atoms with Gasteiger partial charge in [-0.15, -0.1) is 11.3 Å². The molecule has 0 aliphatic carbocycles. The maximum absolute atomic E-state index is 13.5. The third-order valence-corrected chi connectivity index (χ3v) is 4.45. The Morgan fingerprint density at radius 3 is 2.96 bits per heavy atom. The lowest BCUT2D eigenvalue weighted by Gasteiger charge is -2.06. The number of halogens is 2. The van der Waals surface area contributed by atoms with Gasteiger partial charge in [0.1, 0.15) is 23.1 Å². The molecular formula is C15H12BrFN4OS. The van der Waals surface area contributed by atoms with E-state index >= 15 is 0 Å². The largest absolute Gasteiger partial charge is 0.350 e. The van der Waals surface area contributed by atoms with Crippen molar-refractivity contribution in [2.45, 2.75) is 13.1 Å². The lowest BCUT2D eigenvalue weighted by atomic mass is 10.2. The van der Waals surface area contributed by atoms with E-state index in [0.29, 0.717) is 11.3 Å². The van der Waals surface area contributed by atoms with Gasteiger partial charge in [0, 0.05) is 29.9 Å². The van der Waals surface area contributed by atoms with Crippen LogP contribution in [0.4, 0.5) is 4.39 Å². The summed E-state index contributed by atoms with van der Waals surface area (Å²) in [6, 6.07) is 6.35. The van der Waals surface area contributed by atoms with Crippen molar-refractivity contribution >= 4 is 33.2 Å². The number of carbonyl (C=O) groups excluding carboxylic acids is 1. The van der Waals surface area contributed by atoms with Gasteiger partial charge >= 0.3 is 0 Å². The summed E-state index contributed by atoms with van der Waals surface area (Å²) in [5, 5.41) is 9.67. The van der Waals surface area contributed by atoms with E-state index < -0.39 is 0 Å². The fourth-order valence-corrected chi connectivity index (χ4v) is 3.27. The zero-order valence-electron chi connectivity index (χ0n) is 11.9. The maximum atomic E-state index is 13.5. The topological polar surface area (TPSA) is 59.8 Å². The van der Waals surface area contributed by atoms with Crippen LogP contribution in [-0.4, -0.2) is 20.7 Å². The van der Waals surface area contributed by atoms with E-state index in [1.165, 1.54) is 22.1 Å². The summed E-state index contributed by atoms with van der Waals surface area (Å²) < 4.78 is 15.8. The Kier molecular flexibility index (Phi) is 4.82. The molecule has 0 radical (unpaired) electrons. The van der Waals surface area contributed by atoms with Crippen molar-refractivity contribution in [2.24, 2.45) is 0 Å². The molecule has 0 aliphatic rings. The van der Waals surface area contributed by atoms with E-state index in [1.54, 1.807) is 30.6 Å². The summed E-state index contributed by atoms with van der Waals surface area (Å²) in [6.45, 7) is 0.200. The molecule has 0 unspecified atom stereocenters. The van der Waals surface area contributed by atoms with Crippen LogP contribution in [0.25, 0.3) is 10.7 Å². The lowest BCUT2D eigenvalue weighted by Crippen LogP contribution is -2.27. The standard InChI is InChI=1S/C15H12BrFN4OS/c16-11-8-21(20-14(11)15-18-5-6-23-15)9-13(22)19-7-10-3-1-2-4-12(10)17/h1-6,8H,7,9H2,(H,19,22). The molecule has 0 fully saturated rings. The van der Waals surface area contributed by atoms with Crippen LogP contribution in [-0.2, 0) is 17.9 Å². The quantitative estimate of drug-likeness (QED) is 0.722. The Hall–Kier alpha value is -2.06. The first-order chi connectivity index (χ1) is 11.1. The van der Waals surface area contributed by atoms with Crippen LogP contribution in [0.5, 0.6) is 0 Å². The number of aromatic nitrogens is 3. The van der Waals surface area contributed by atoms with Crippen LogP contribution in [0.1, 0.15) is 5.56 Å². The van der Waals surface area contributed by atoms with Crippen molar-refractivity contribution in [1.29, 1.82) is 0 Å². The maximum Gasteiger partial charge on any atom is 0.242 e. The second-order valence-corrected chi connectivity index (χ2v) is 6.48. The zero-order chi connectivity index (χ0) is 16.2. The van der Waals surface area contributed by atoms with Crippen LogP contribution < -0.4 is 5.32 Å². The minimum Gasteiger partial charge on any atom is -0.350 e. The molecule has 1 N–H and O–H groups in total. The smallest absolute Gasteiger partial charge is 0.242 e. The molecule has 23 heavy (non-hydrogen) atoms. The van der Waals surface area contributed by atoms with Gasteiger partial charge in [-0.3, -0.25) is 9.48 Å². The third-order valence-electron chi connectivity index (χ3n) is 3.09. The summed E-state index contributed by atoms with van der Waals surface area (Å²) in [6.07, 6.45) is 3.42. The van der Waals surface area contributed by atoms with Crippen molar-refractivity contribution in [2.75, 3.05) is 0 Å². The van der Waals surface area contributed by atoms with Crippen LogP contribution in [0.3, 0.4) is 0 Å². The number of benzene rings is 1. The Morgan fingerprint density at radius 1 is 1.39 bits per heavy atom. The summed E-state index contributed by atoms with van der Waals surface area (Å²) in [5.41, 5.74) is 1.15. The fraction of sp³-hybridized carbons (Fsp3) is 0.133. The van der Waals surface area contributed by atoms with Gasteiger partial charge in [-0.1, -0.05) is 18.2 Å². The first-order valence-electron chi connectivity index (χ1n) is 6.76. The highest BCUT2D eigenvalue weighted by atomic mass is 79.9. The number of hydrogen-bond donors (Lipinski definition) is 1. The molecule has 2 aromatic heterocycles. The fourth-order valence-electron chi connectivity index (χ4n) is 2.00. The predicted octanol–water partition coefficient (Wildman–Crippen LogP) is 3.22. The summed E-state index contributed by atoms with van der Waals surface area (Å²) in [4.78, 5) is 16.2. The molecule has 0 spiro atoms. The number of carbonyl (C=O) groups is 1. The van der Waals surface area contributed by atoms with Gasteiger partial charge in [-0.05, 0) is 22.0 Å². The molecule has 0 atom stereocenters. The molecular weight excluding hydrogens is 383 g/mol. The number of hydrogen-bond acceptors (Lipinski definition) is 4. The van der Waals surface area contributed by atoms with Crippen LogP contribution in [0, 0.1) is 5.82 Å². The van der Waals surface area contributed by atoms with Gasteiger partial charge in [-0.25, -0.2) is 9.37 Å². The van der Waals surface area contributed by atoms with E-state index in [-0.39, 0.29) is 24.8 Å². The molecule has 8 heteroatoms. The Bertz CT molecular complexity index is 819. The normalized spacial score (nSPS) is 10.7. The first kappa shape index (κ1) is 15.8. The van der Waals surface area contributed by atoms with Crippen molar-refractivity contribution in [3.8, 4) is 10.7 Å². The van der Waals surface area contributed by atoms with Crippen molar-refractivity contribution in [3.63, 3.8) is 0 Å². The highest BCUT2D eigenvalue weighted by Crippen LogP contribution is 2.27. The predicted molar refractivity (Wildman–Crippen MR) is 89.3 cm³/mol. The molecule has 3 aromatic rings. The second-order valence-electron chi connectivity index (χ2n) is 4.73. The van der Waals surface area contributed by atoms with E-state index in [2.05, 4.69) is 31.3 Å². The monoisotopic (exact) mass is 394 g/mol. The third kappa shape index (κ3) is 3.83. The number of amides is 1. The van der Waals surface area contributed by atoms with Crippen molar-refractivity contribution in [3.05, 3.63) is 57.9 Å². The molecule has 118 valence electrons. The minimum atomic E-state index is -0.333. The number of rotatable bonds is 5. The highest BCUT2D eigenvalue weighted by Gasteiger charge is 2.13. The van der Waals surface area contributed by atoms with Gasteiger partial charge in [0.2, 0.25) is 5.91 Å². The highest BCUT2D eigenvalue weighted by molar-refractivity contribution is 9.10. The summed E-state index contributed by atoms with van der Waals surface area (Å²) in [5.74, 6) is -0.574. The molecule has 0 saturated carbocycles. The molecule has 1 amide bonds. The van der Waals surface area contributed by atoms with Gasteiger partial charge in [0.25, 0.3) is 0 Å². The van der Waals surface area contributed by atoms with Gasteiger partial charge in [-0.2, -0.15) is 5.10 Å². The first-order valence-corrected chi connectivity index (χ1v) is 8.43. The van der Waals surface area contributed by atoms with Crippen LogP contribution in [0.2, 0.25) is 0 Å². The molecule has 2 heterocycles. The Morgan fingerprint density at radius 2 is 2.22 bits per heavy atom. The van der Waals surface area contributed by atoms with E-state index in [1.807, 2.05) is 5.38 Å². The number of nitrogens with one attached hydrogen (secondary N) is 1. The average Bonchev–Trinajstić information content (AvgIpc) is 3.16. The van der Waals surface area contributed by atoms with Gasteiger partial charge < -0.3 is 5.32 Å². The van der Waals surface area contributed by atoms with Gasteiger partial charge in [0.15, 0.2) is 0 Å². The summed E-state index contributed by atoms with van der Waals surface area (Å²) >= 11 is 4.89. The van der Waals surface area contributed by atoms with E-state index in [4.69, 9.17) is 0 Å². The average molecular weight is 395 g/mol. The van der Waals surface area contributed by atoms with E-state index in [0.717, 1.165) is 9.48 Å². The minimum absolute atomic E-state index is 0.0540.